The van der Waals surface area contributed by atoms with Gasteiger partial charge in [-0.3, -0.25) is 0 Å². The van der Waals surface area contributed by atoms with Gasteiger partial charge in [-0.05, 0) is 0 Å². The Bertz CT molecular complexity index is 62.2. The summed E-state index contributed by atoms with van der Waals surface area (Å²) in [5.41, 5.74) is 0. The number of phosphoric acid groups is 1. The van der Waals surface area contributed by atoms with Gasteiger partial charge in [-0.2, -0.15) is 0 Å². The van der Waals surface area contributed by atoms with E-state index in [1.165, 1.54) is 0 Å². The Morgan fingerprint density at radius 2 is 1.29 bits per heavy atom. The van der Waals surface area contributed by atoms with Crippen LogP contribution in [0, 0.1) is 0 Å². The van der Waals surface area contributed by atoms with E-state index < -0.39 is 7.82 Å². The minimum absolute atomic E-state index is 0. The first-order valence-corrected chi connectivity index (χ1v) is 2.35. The van der Waals surface area contributed by atoms with Crippen LogP contribution in [0.4, 0.5) is 0 Å². The summed E-state index contributed by atoms with van der Waals surface area (Å²) in [6.45, 7) is 0. The van der Waals surface area contributed by atoms with Crippen LogP contribution in [-0.4, -0.2) is 31.7 Å². The fourth-order valence-electron chi connectivity index (χ4n) is 0. The molecule has 4 nitrogen and oxygen atoms in total. The first-order valence-electron chi connectivity index (χ1n) is 0.783. The Kier molecular flexibility index (Phi) is 13.0. The molecular formula is H6NaO4PSe. The van der Waals surface area contributed by atoms with Crippen molar-refractivity contribution >= 4 is 24.9 Å². The molecule has 3 N–H and O–H groups in total. The molecule has 0 saturated heterocycles. The van der Waals surface area contributed by atoms with Crippen LogP contribution >= 0.6 is 7.82 Å². The normalized spacial score (nSPS) is 8.43. The molecule has 0 aliphatic carbocycles. The van der Waals surface area contributed by atoms with Crippen molar-refractivity contribution in [3.05, 3.63) is 0 Å². The van der Waals surface area contributed by atoms with Gasteiger partial charge >= 0.3 is 54.4 Å². The monoisotopic (exact) mass is 204 g/mol. The van der Waals surface area contributed by atoms with Crippen molar-refractivity contribution in [3.63, 3.8) is 0 Å². The van der Waals surface area contributed by atoms with E-state index in [0.717, 1.165) is 0 Å². The molecule has 0 fully saturated rings. The Morgan fingerprint density at radius 1 is 1.29 bits per heavy atom. The van der Waals surface area contributed by atoms with E-state index in [1.807, 2.05) is 0 Å². The van der Waals surface area contributed by atoms with Gasteiger partial charge in [0.25, 0.3) is 0 Å². The van der Waals surface area contributed by atoms with Gasteiger partial charge in [0.05, 0.1) is 0 Å². The van der Waals surface area contributed by atoms with Crippen LogP contribution < -0.4 is 29.6 Å². The third-order valence-corrected chi connectivity index (χ3v) is 0. The van der Waals surface area contributed by atoms with Crippen molar-refractivity contribution in [2.24, 2.45) is 0 Å². The Morgan fingerprint density at radius 3 is 1.29 bits per heavy atom. The molecule has 0 aliphatic rings. The zero-order chi connectivity index (χ0) is 4.50. The first-order chi connectivity index (χ1) is 2.00. The van der Waals surface area contributed by atoms with Crippen LogP contribution in [0.5, 0.6) is 0 Å². The molecule has 0 aromatic carbocycles. The third-order valence-electron chi connectivity index (χ3n) is 0. The van der Waals surface area contributed by atoms with E-state index in [9.17, 15) is 0 Å². The van der Waals surface area contributed by atoms with Crippen LogP contribution in [0.2, 0.25) is 0 Å². The molecule has 7 heavy (non-hydrogen) atoms. The standard InChI is InChI=1S/Na.H3O4P.H2Se.H/c;1-5(2,3)4;;/h;(H3,1,2,3,4);1H2;/q+1;;;-1. The van der Waals surface area contributed by atoms with Crippen molar-refractivity contribution in [2.45, 2.75) is 0 Å². The van der Waals surface area contributed by atoms with Gasteiger partial charge in [-0.15, -0.1) is 0 Å². The Balaban J connectivity index is -0.0000000267. The van der Waals surface area contributed by atoms with Crippen LogP contribution in [0.1, 0.15) is 1.43 Å². The second-order valence-electron chi connectivity index (χ2n) is 0.513. The summed E-state index contributed by atoms with van der Waals surface area (Å²) in [6, 6.07) is 0. The topological polar surface area (TPSA) is 77.8 Å². The van der Waals surface area contributed by atoms with Gasteiger partial charge in [0.15, 0.2) is 0 Å². The van der Waals surface area contributed by atoms with E-state index in [2.05, 4.69) is 0 Å². The molecule has 0 atom stereocenters. The molecule has 42 valence electrons. The molecule has 0 aliphatic heterocycles. The molecule has 0 radical (unpaired) electrons. The summed E-state index contributed by atoms with van der Waals surface area (Å²) in [6.07, 6.45) is 0. The maximum atomic E-state index is 8.88. The maximum absolute atomic E-state index is 8.88. The molecule has 0 saturated carbocycles. The zero-order valence-corrected chi connectivity index (χ0v) is 8.69. The van der Waals surface area contributed by atoms with Crippen LogP contribution in [0.25, 0.3) is 0 Å². The van der Waals surface area contributed by atoms with Gasteiger partial charge in [0.1, 0.15) is 0 Å². The van der Waals surface area contributed by atoms with Gasteiger partial charge in [0, 0.05) is 0 Å². The molecule has 0 aromatic heterocycles. The Hall–Kier alpha value is 1.63. The molecule has 0 heterocycles. The van der Waals surface area contributed by atoms with Crippen molar-refractivity contribution in [3.8, 4) is 0 Å². The molecule has 0 rings (SSSR count). The van der Waals surface area contributed by atoms with Gasteiger partial charge in [-0.1, -0.05) is 0 Å². The summed E-state index contributed by atoms with van der Waals surface area (Å²) in [4.78, 5) is 21.6. The molecule has 7 heteroatoms. The summed E-state index contributed by atoms with van der Waals surface area (Å²) in [7, 11) is -4.64. The summed E-state index contributed by atoms with van der Waals surface area (Å²) >= 11 is 0. The van der Waals surface area contributed by atoms with E-state index in [-0.39, 0.29) is 48.1 Å². The number of rotatable bonds is 0. The van der Waals surface area contributed by atoms with Crippen LogP contribution in [0.3, 0.4) is 0 Å². The number of hydrogen-bond donors (Lipinski definition) is 3. The predicted octanol–water partition coefficient (Wildman–Crippen LogP) is -4.73. The molecular weight excluding hydrogens is 197 g/mol. The predicted molar refractivity (Wildman–Crippen MR) is 23.9 cm³/mol. The van der Waals surface area contributed by atoms with Gasteiger partial charge in [-0.25, -0.2) is 4.57 Å². The zero-order valence-electron chi connectivity index (χ0n) is 4.70. The van der Waals surface area contributed by atoms with Crippen molar-refractivity contribution in [2.75, 3.05) is 0 Å². The second-order valence-corrected chi connectivity index (χ2v) is 1.54. The van der Waals surface area contributed by atoms with Gasteiger partial charge in [0.2, 0.25) is 0 Å². The first kappa shape index (κ1) is 15.9. The SMILES string of the molecule is O=P(O)(O)O.[H-].[Na+].[SeH2]. The van der Waals surface area contributed by atoms with Crippen LogP contribution in [0.15, 0.2) is 0 Å². The fourth-order valence-corrected chi connectivity index (χ4v) is 0. The van der Waals surface area contributed by atoms with E-state index in [1.54, 1.807) is 0 Å². The van der Waals surface area contributed by atoms with E-state index in [4.69, 9.17) is 19.2 Å². The summed E-state index contributed by atoms with van der Waals surface area (Å²) in [5.74, 6) is 0. The molecule has 0 amide bonds. The number of hydrogen-bond acceptors (Lipinski definition) is 1. The van der Waals surface area contributed by atoms with Gasteiger partial charge < -0.3 is 16.1 Å². The summed E-state index contributed by atoms with van der Waals surface area (Å²) in [5, 5.41) is 0. The Labute approximate surface area is 74.8 Å². The second kappa shape index (κ2) is 5.76. The van der Waals surface area contributed by atoms with E-state index in [0.29, 0.717) is 0 Å². The molecule has 0 unspecified atom stereocenters. The fraction of sp³-hybridized carbons (Fsp3) is 0. The summed E-state index contributed by atoms with van der Waals surface area (Å²) < 4.78 is 8.88. The van der Waals surface area contributed by atoms with Crippen molar-refractivity contribution < 1.29 is 50.2 Å². The minimum atomic E-state index is -4.64. The molecule has 0 aromatic rings. The van der Waals surface area contributed by atoms with Crippen LogP contribution in [-0.2, 0) is 4.57 Å². The average Bonchev–Trinajstić information content (AvgIpc) is 0.722. The van der Waals surface area contributed by atoms with Crippen molar-refractivity contribution in [1.82, 2.24) is 0 Å². The quantitative estimate of drug-likeness (QED) is 0.273. The average molecular weight is 203 g/mol. The molecule has 0 spiro atoms. The van der Waals surface area contributed by atoms with E-state index >= 15 is 0 Å². The molecule has 0 bridgehead atoms. The third kappa shape index (κ3) is 91.1. The van der Waals surface area contributed by atoms with Crippen molar-refractivity contribution in [1.29, 1.82) is 0 Å².